The summed E-state index contributed by atoms with van der Waals surface area (Å²) >= 11 is 0. The zero-order valence-electron chi connectivity index (χ0n) is 8.60. The second kappa shape index (κ2) is 3.85. The molecule has 1 saturated carbocycles. The molecule has 1 atom stereocenters. The molecule has 0 heterocycles. The zero-order valence-corrected chi connectivity index (χ0v) is 8.60. The van der Waals surface area contributed by atoms with Crippen molar-refractivity contribution in [1.29, 1.82) is 0 Å². The van der Waals surface area contributed by atoms with Gasteiger partial charge in [0.05, 0.1) is 0 Å². The minimum atomic E-state index is -4.73. The third kappa shape index (κ3) is 3.31. The van der Waals surface area contributed by atoms with Gasteiger partial charge in [-0.25, -0.2) is 8.78 Å². The van der Waals surface area contributed by atoms with Crippen molar-refractivity contribution in [3.8, 4) is 5.75 Å². The van der Waals surface area contributed by atoms with Gasteiger partial charge in [-0.3, -0.25) is 0 Å². The Kier molecular flexibility index (Phi) is 2.75. The maximum atomic E-state index is 12.6. The molecular formula is C11H9F5O. The van der Waals surface area contributed by atoms with Crippen LogP contribution in [0.2, 0.25) is 0 Å². The molecule has 0 spiro atoms. The van der Waals surface area contributed by atoms with E-state index >= 15 is 0 Å². The molecule has 1 aliphatic rings. The fourth-order valence-corrected chi connectivity index (χ4v) is 1.60. The van der Waals surface area contributed by atoms with Gasteiger partial charge in [-0.05, 0) is 24.1 Å². The summed E-state index contributed by atoms with van der Waals surface area (Å²) < 4.78 is 64.4. The highest BCUT2D eigenvalue weighted by Gasteiger charge is 2.56. The smallest absolute Gasteiger partial charge is 0.406 e. The quantitative estimate of drug-likeness (QED) is 0.744. The van der Waals surface area contributed by atoms with Gasteiger partial charge in [-0.2, -0.15) is 0 Å². The Balaban J connectivity index is 1.94. The van der Waals surface area contributed by atoms with Crippen LogP contribution in [0.5, 0.6) is 5.75 Å². The van der Waals surface area contributed by atoms with Crippen molar-refractivity contribution in [1.82, 2.24) is 0 Å². The van der Waals surface area contributed by atoms with Gasteiger partial charge in [0.25, 0.3) is 5.92 Å². The molecule has 1 aliphatic carbocycles. The lowest BCUT2D eigenvalue weighted by Gasteiger charge is -2.09. The van der Waals surface area contributed by atoms with Crippen LogP contribution >= 0.6 is 0 Å². The average Bonchev–Trinajstić information content (AvgIpc) is 2.75. The summed E-state index contributed by atoms with van der Waals surface area (Å²) in [5.74, 6) is -3.64. The predicted octanol–water partition coefficient (Wildman–Crippen LogP) is 3.78. The van der Waals surface area contributed by atoms with Crippen LogP contribution in [0.1, 0.15) is 12.0 Å². The van der Waals surface area contributed by atoms with Crippen molar-refractivity contribution >= 4 is 0 Å². The first-order valence-electron chi connectivity index (χ1n) is 4.99. The van der Waals surface area contributed by atoms with Gasteiger partial charge in [0.2, 0.25) is 0 Å². The minimum Gasteiger partial charge on any atom is -0.406 e. The third-order valence-corrected chi connectivity index (χ3v) is 2.59. The van der Waals surface area contributed by atoms with Crippen LogP contribution in [0, 0.1) is 5.92 Å². The fraction of sp³-hybridized carbons (Fsp3) is 0.455. The van der Waals surface area contributed by atoms with Gasteiger partial charge in [0.1, 0.15) is 5.75 Å². The molecule has 1 fully saturated rings. The largest absolute Gasteiger partial charge is 0.573 e. The first-order chi connectivity index (χ1) is 7.76. The highest BCUT2D eigenvalue weighted by atomic mass is 19.4. The van der Waals surface area contributed by atoms with Gasteiger partial charge in [0, 0.05) is 12.3 Å². The number of hydrogen-bond acceptors (Lipinski definition) is 1. The first-order valence-corrected chi connectivity index (χ1v) is 4.99. The van der Waals surface area contributed by atoms with Crippen LogP contribution in [0.25, 0.3) is 0 Å². The van der Waals surface area contributed by atoms with E-state index in [0.29, 0.717) is 5.56 Å². The van der Waals surface area contributed by atoms with E-state index in [9.17, 15) is 22.0 Å². The van der Waals surface area contributed by atoms with Crippen molar-refractivity contribution in [2.75, 3.05) is 0 Å². The Morgan fingerprint density at radius 2 is 1.71 bits per heavy atom. The van der Waals surface area contributed by atoms with E-state index in [1.807, 2.05) is 0 Å². The Bertz CT molecular complexity index is 395. The molecule has 1 aromatic carbocycles. The number of alkyl halides is 5. The summed E-state index contributed by atoms with van der Waals surface area (Å²) in [6.45, 7) is 0. The van der Waals surface area contributed by atoms with Crippen LogP contribution in [-0.2, 0) is 6.42 Å². The SMILES string of the molecule is FC(F)(F)Oc1ccc(CC2CC2(F)F)cc1. The van der Waals surface area contributed by atoms with Crippen molar-refractivity contribution in [3.05, 3.63) is 29.8 Å². The second-order valence-electron chi connectivity index (χ2n) is 4.06. The molecule has 0 saturated heterocycles. The maximum absolute atomic E-state index is 12.6. The monoisotopic (exact) mass is 252 g/mol. The summed E-state index contributed by atoms with van der Waals surface area (Å²) in [5.41, 5.74) is 0.585. The number of ether oxygens (including phenoxy) is 1. The third-order valence-electron chi connectivity index (χ3n) is 2.59. The molecule has 94 valence electrons. The van der Waals surface area contributed by atoms with Gasteiger partial charge in [-0.1, -0.05) is 12.1 Å². The molecule has 0 radical (unpaired) electrons. The van der Waals surface area contributed by atoms with Gasteiger partial charge >= 0.3 is 6.36 Å². The molecule has 0 amide bonds. The van der Waals surface area contributed by atoms with E-state index in [1.54, 1.807) is 0 Å². The molecule has 17 heavy (non-hydrogen) atoms. The van der Waals surface area contributed by atoms with Gasteiger partial charge < -0.3 is 4.74 Å². The van der Waals surface area contributed by atoms with E-state index < -0.39 is 18.2 Å². The normalized spacial score (nSPS) is 22.3. The summed E-state index contributed by atoms with van der Waals surface area (Å²) in [6.07, 6.45) is -4.70. The average molecular weight is 252 g/mol. The number of hydrogen-bond donors (Lipinski definition) is 0. The molecule has 0 aromatic heterocycles. The van der Waals surface area contributed by atoms with Crippen molar-refractivity contribution in [3.63, 3.8) is 0 Å². The van der Waals surface area contributed by atoms with Crippen LogP contribution < -0.4 is 4.74 Å². The highest BCUT2D eigenvalue weighted by molar-refractivity contribution is 5.28. The van der Waals surface area contributed by atoms with Crippen LogP contribution in [0.15, 0.2) is 24.3 Å². The molecule has 0 bridgehead atoms. The summed E-state index contributed by atoms with van der Waals surface area (Å²) in [4.78, 5) is 0. The van der Waals surface area contributed by atoms with E-state index in [-0.39, 0.29) is 18.6 Å². The second-order valence-corrected chi connectivity index (χ2v) is 4.06. The molecule has 0 aliphatic heterocycles. The lowest BCUT2D eigenvalue weighted by atomic mass is 10.1. The number of benzene rings is 1. The molecule has 2 rings (SSSR count). The van der Waals surface area contributed by atoms with Crippen molar-refractivity contribution in [2.24, 2.45) is 5.92 Å². The lowest BCUT2D eigenvalue weighted by molar-refractivity contribution is -0.274. The van der Waals surface area contributed by atoms with E-state index in [0.717, 1.165) is 12.1 Å². The summed E-state index contributed by atoms with van der Waals surface area (Å²) in [6, 6.07) is 5.00. The van der Waals surface area contributed by atoms with E-state index in [2.05, 4.69) is 4.74 Å². The summed E-state index contributed by atoms with van der Waals surface area (Å²) in [7, 11) is 0. The number of rotatable bonds is 3. The van der Waals surface area contributed by atoms with Crippen LogP contribution in [0.3, 0.4) is 0 Å². The zero-order chi connectivity index (χ0) is 12.7. The number of halogens is 5. The van der Waals surface area contributed by atoms with Gasteiger partial charge in [-0.15, -0.1) is 13.2 Å². The van der Waals surface area contributed by atoms with Gasteiger partial charge in [0.15, 0.2) is 0 Å². The lowest BCUT2D eigenvalue weighted by Crippen LogP contribution is -2.17. The Hall–Kier alpha value is -1.33. The summed E-state index contributed by atoms with van der Waals surface area (Å²) in [5, 5.41) is 0. The molecule has 1 nitrogen and oxygen atoms in total. The van der Waals surface area contributed by atoms with Crippen LogP contribution in [-0.4, -0.2) is 12.3 Å². The standard InChI is InChI=1S/C11H9F5O/c12-10(13)6-8(10)5-7-1-3-9(4-2-7)17-11(14,15)16/h1-4,8H,5-6H2. The fourth-order valence-electron chi connectivity index (χ4n) is 1.60. The van der Waals surface area contributed by atoms with Crippen molar-refractivity contribution in [2.45, 2.75) is 25.1 Å². The first kappa shape index (κ1) is 12.1. The molecule has 1 unspecified atom stereocenters. The Morgan fingerprint density at radius 1 is 1.18 bits per heavy atom. The topological polar surface area (TPSA) is 9.23 Å². The molecule has 6 heteroatoms. The maximum Gasteiger partial charge on any atom is 0.573 e. The molecule has 0 N–H and O–H groups in total. The minimum absolute atomic E-state index is 0.145. The van der Waals surface area contributed by atoms with Crippen LogP contribution in [0.4, 0.5) is 22.0 Å². The molecule has 1 aromatic rings. The molecular weight excluding hydrogens is 243 g/mol. The Morgan fingerprint density at radius 3 is 2.12 bits per heavy atom. The highest BCUT2D eigenvalue weighted by Crippen LogP contribution is 2.50. The van der Waals surface area contributed by atoms with E-state index in [4.69, 9.17) is 0 Å². The van der Waals surface area contributed by atoms with E-state index in [1.165, 1.54) is 12.1 Å². The Labute approximate surface area is 94.2 Å². The predicted molar refractivity (Wildman–Crippen MR) is 49.9 cm³/mol. The van der Waals surface area contributed by atoms with Crippen molar-refractivity contribution < 1.29 is 26.7 Å².